The molecule has 5 nitrogen and oxygen atoms in total. The lowest BCUT2D eigenvalue weighted by atomic mass is 10.1. The zero-order valence-corrected chi connectivity index (χ0v) is 15.7. The van der Waals surface area contributed by atoms with Crippen LogP contribution in [0.25, 0.3) is 0 Å². The third kappa shape index (κ3) is 4.10. The number of hydrogen-bond donors (Lipinski definition) is 1. The van der Waals surface area contributed by atoms with E-state index in [0.717, 1.165) is 9.13 Å². The number of benzene rings is 2. The predicted octanol–water partition coefficient (Wildman–Crippen LogP) is 2.77. The SMILES string of the molecule is C[C@@H](c1ccc(S(N)(=O)=O)cc1)N(C)C(=O)c1ccccc1I. The number of carbonyl (C=O) groups is 1. The number of nitrogens with zero attached hydrogens (tertiary/aromatic N) is 1. The van der Waals surface area contributed by atoms with Crippen LogP contribution in [0.1, 0.15) is 28.9 Å². The smallest absolute Gasteiger partial charge is 0.255 e. The van der Waals surface area contributed by atoms with Crippen LogP contribution in [0.4, 0.5) is 0 Å². The summed E-state index contributed by atoms with van der Waals surface area (Å²) in [6.45, 7) is 1.89. The van der Waals surface area contributed by atoms with Crippen LogP contribution in [0, 0.1) is 3.57 Å². The Morgan fingerprint density at radius 3 is 2.22 bits per heavy atom. The summed E-state index contributed by atoms with van der Waals surface area (Å²) >= 11 is 2.13. The van der Waals surface area contributed by atoms with Gasteiger partial charge in [-0.15, -0.1) is 0 Å². The first kappa shape index (κ1) is 17.9. The normalized spacial score (nSPS) is 12.7. The van der Waals surface area contributed by atoms with Gasteiger partial charge in [-0.1, -0.05) is 24.3 Å². The van der Waals surface area contributed by atoms with Gasteiger partial charge >= 0.3 is 0 Å². The van der Waals surface area contributed by atoms with Gasteiger partial charge in [0.25, 0.3) is 5.91 Å². The third-order valence-electron chi connectivity index (χ3n) is 3.70. The van der Waals surface area contributed by atoms with Crippen LogP contribution >= 0.6 is 22.6 Å². The third-order valence-corrected chi connectivity index (χ3v) is 5.57. The van der Waals surface area contributed by atoms with Gasteiger partial charge in [-0.25, -0.2) is 13.6 Å². The molecule has 122 valence electrons. The molecule has 23 heavy (non-hydrogen) atoms. The molecule has 2 N–H and O–H groups in total. The van der Waals surface area contributed by atoms with Crippen molar-refractivity contribution in [3.8, 4) is 0 Å². The summed E-state index contributed by atoms with van der Waals surface area (Å²) in [4.78, 5) is 14.3. The van der Waals surface area contributed by atoms with E-state index < -0.39 is 10.0 Å². The molecule has 0 aliphatic heterocycles. The van der Waals surface area contributed by atoms with Crippen molar-refractivity contribution in [2.24, 2.45) is 5.14 Å². The van der Waals surface area contributed by atoms with Crippen LogP contribution in [0.5, 0.6) is 0 Å². The minimum atomic E-state index is -3.71. The van der Waals surface area contributed by atoms with Crippen LogP contribution in [-0.4, -0.2) is 26.3 Å². The van der Waals surface area contributed by atoms with Crippen molar-refractivity contribution < 1.29 is 13.2 Å². The van der Waals surface area contributed by atoms with Gasteiger partial charge in [0.1, 0.15) is 0 Å². The monoisotopic (exact) mass is 444 g/mol. The number of amides is 1. The van der Waals surface area contributed by atoms with Gasteiger partial charge in [-0.05, 0) is 59.3 Å². The lowest BCUT2D eigenvalue weighted by molar-refractivity contribution is 0.0741. The van der Waals surface area contributed by atoms with Crippen molar-refractivity contribution >= 4 is 38.5 Å². The lowest BCUT2D eigenvalue weighted by Gasteiger charge is -2.26. The minimum absolute atomic E-state index is 0.0556. The minimum Gasteiger partial charge on any atom is -0.335 e. The molecule has 0 spiro atoms. The molecule has 2 aromatic rings. The van der Waals surface area contributed by atoms with Crippen molar-refractivity contribution in [3.05, 3.63) is 63.2 Å². The molecule has 0 radical (unpaired) electrons. The number of hydrogen-bond acceptors (Lipinski definition) is 3. The number of nitrogens with two attached hydrogens (primary N) is 1. The van der Waals surface area contributed by atoms with Crippen LogP contribution in [-0.2, 0) is 10.0 Å². The van der Waals surface area contributed by atoms with Crippen LogP contribution in [0.2, 0.25) is 0 Å². The molecule has 1 amide bonds. The highest BCUT2D eigenvalue weighted by molar-refractivity contribution is 14.1. The standard InChI is InChI=1S/C16H17IN2O3S/c1-11(12-7-9-13(10-8-12)23(18,21)22)19(2)16(20)14-5-3-4-6-15(14)17/h3-11H,1-2H3,(H2,18,21,22)/t11-/m0/s1. The second-order valence-electron chi connectivity index (χ2n) is 5.19. The second-order valence-corrected chi connectivity index (χ2v) is 7.91. The van der Waals surface area contributed by atoms with Gasteiger partial charge in [-0.2, -0.15) is 0 Å². The van der Waals surface area contributed by atoms with Gasteiger partial charge in [-0.3, -0.25) is 4.79 Å². The Morgan fingerprint density at radius 2 is 1.70 bits per heavy atom. The molecule has 7 heteroatoms. The van der Waals surface area contributed by atoms with Gasteiger partial charge in [0, 0.05) is 10.6 Å². The number of sulfonamides is 1. The summed E-state index contributed by atoms with van der Waals surface area (Å²) in [5, 5.41) is 5.09. The van der Waals surface area contributed by atoms with Gasteiger partial charge in [0.05, 0.1) is 16.5 Å². The molecule has 2 aromatic carbocycles. The van der Waals surface area contributed by atoms with Crippen LogP contribution in [0.15, 0.2) is 53.4 Å². The summed E-state index contributed by atoms with van der Waals surface area (Å²) in [6.07, 6.45) is 0. The van der Waals surface area contributed by atoms with Gasteiger partial charge in [0.2, 0.25) is 10.0 Å². The fourth-order valence-electron chi connectivity index (χ4n) is 2.16. The maximum atomic E-state index is 12.6. The Morgan fingerprint density at radius 1 is 1.13 bits per heavy atom. The molecule has 0 aliphatic rings. The first-order chi connectivity index (χ1) is 10.7. The van der Waals surface area contributed by atoms with E-state index in [1.54, 1.807) is 30.1 Å². The van der Waals surface area contributed by atoms with E-state index in [2.05, 4.69) is 22.6 Å². The van der Waals surface area contributed by atoms with Crippen LogP contribution < -0.4 is 5.14 Å². The quantitative estimate of drug-likeness (QED) is 0.737. The fraction of sp³-hybridized carbons (Fsp3) is 0.188. The van der Waals surface area contributed by atoms with Crippen molar-refractivity contribution in [3.63, 3.8) is 0 Å². The highest BCUT2D eigenvalue weighted by Gasteiger charge is 2.20. The highest BCUT2D eigenvalue weighted by Crippen LogP contribution is 2.23. The van der Waals surface area contributed by atoms with E-state index >= 15 is 0 Å². The summed E-state index contributed by atoms with van der Waals surface area (Å²) < 4.78 is 23.5. The molecule has 0 aliphatic carbocycles. The highest BCUT2D eigenvalue weighted by atomic mass is 127. The van der Waals surface area contributed by atoms with E-state index in [9.17, 15) is 13.2 Å². The molecule has 0 fully saturated rings. The average molecular weight is 444 g/mol. The first-order valence-corrected chi connectivity index (χ1v) is 9.49. The van der Waals surface area contributed by atoms with E-state index in [0.29, 0.717) is 5.56 Å². The Hall–Kier alpha value is -1.45. The molecule has 2 rings (SSSR count). The number of primary sulfonamides is 1. The Balaban J connectivity index is 2.24. The molecule has 0 saturated carbocycles. The molecule has 0 heterocycles. The Kier molecular flexibility index (Phi) is 5.43. The Labute approximate surface area is 149 Å². The number of halogens is 1. The summed E-state index contributed by atoms with van der Waals surface area (Å²) in [5.41, 5.74) is 1.47. The first-order valence-electron chi connectivity index (χ1n) is 6.86. The summed E-state index contributed by atoms with van der Waals surface area (Å²) in [7, 11) is -1.99. The molecule has 0 saturated heterocycles. The number of rotatable bonds is 4. The molecule has 0 unspecified atom stereocenters. The van der Waals surface area contributed by atoms with E-state index in [1.165, 1.54) is 12.1 Å². The van der Waals surface area contributed by atoms with E-state index in [4.69, 9.17) is 5.14 Å². The molecular weight excluding hydrogens is 427 g/mol. The maximum Gasteiger partial charge on any atom is 0.255 e. The lowest BCUT2D eigenvalue weighted by Crippen LogP contribution is -2.30. The van der Waals surface area contributed by atoms with Crippen molar-refractivity contribution in [1.29, 1.82) is 0 Å². The fourth-order valence-corrected chi connectivity index (χ4v) is 3.29. The molecule has 1 atom stereocenters. The van der Waals surface area contributed by atoms with Crippen molar-refractivity contribution in [2.45, 2.75) is 17.9 Å². The van der Waals surface area contributed by atoms with E-state index in [-0.39, 0.29) is 16.8 Å². The molecule has 0 aromatic heterocycles. The van der Waals surface area contributed by atoms with E-state index in [1.807, 2.05) is 25.1 Å². The van der Waals surface area contributed by atoms with Crippen molar-refractivity contribution in [1.82, 2.24) is 4.90 Å². The van der Waals surface area contributed by atoms with Crippen molar-refractivity contribution in [2.75, 3.05) is 7.05 Å². The van der Waals surface area contributed by atoms with Gasteiger partial charge < -0.3 is 4.90 Å². The number of carbonyl (C=O) groups excluding carboxylic acids is 1. The second kappa shape index (κ2) is 6.98. The zero-order valence-electron chi connectivity index (χ0n) is 12.7. The summed E-state index contributed by atoms with van der Waals surface area (Å²) in [6, 6.07) is 13.4. The Bertz CT molecular complexity index is 819. The van der Waals surface area contributed by atoms with Crippen LogP contribution in [0.3, 0.4) is 0 Å². The predicted molar refractivity (Wildman–Crippen MR) is 97.5 cm³/mol. The molecular formula is C16H17IN2O3S. The molecule has 0 bridgehead atoms. The maximum absolute atomic E-state index is 12.6. The van der Waals surface area contributed by atoms with Gasteiger partial charge in [0.15, 0.2) is 0 Å². The largest absolute Gasteiger partial charge is 0.335 e. The zero-order chi connectivity index (χ0) is 17.2. The summed E-state index contributed by atoms with van der Waals surface area (Å²) in [5.74, 6) is -0.0852. The topological polar surface area (TPSA) is 80.5 Å². The average Bonchev–Trinajstić information content (AvgIpc) is 2.52.